The lowest BCUT2D eigenvalue weighted by Gasteiger charge is -2.34. The molecule has 1 aliphatic heterocycles. The topological polar surface area (TPSA) is 49.3 Å². The normalized spacial score (nSPS) is 13.9. The highest BCUT2D eigenvalue weighted by Crippen LogP contribution is 2.22. The van der Waals surface area contributed by atoms with Gasteiger partial charge in [-0.3, -0.25) is 4.79 Å². The van der Waals surface area contributed by atoms with E-state index in [1.165, 1.54) is 17.1 Å². The molecule has 1 amide bonds. The van der Waals surface area contributed by atoms with Crippen molar-refractivity contribution in [3.8, 4) is 11.1 Å². The molecule has 5 nitrogen and oxygen atoms in total. The van der Waals surface area contributed by atoms with E-state index >= 15 is 0 Å². The molecule has 6 heteroatoms. The molecule has 0 bridgehead atoms. The van der Waals surface area contributed by atoms with Crippen molar-refractivity contribution in [2.24, 2.45) is 0 Å². The van der Waals surface area contributed by atoms with Gasteiger partial charge >= 0.3 is 0 Å². The molecular weight excluding hydrogens is 416 g/mol. The highest BCUT2D eigenvalue weighted by Gasteiger charge is 2.24. The maximum Gasteiger partial charge on any atom is 0.253 e. The maximum atomic E-state index is 13.0. The van der Waals surface area contributed by atoms with Gasteiger partial charge in [0, 0.05) is 49.7 Å². The van der Waals surface area contributed by atoms with Gasteiger partial charge in [-0.1, -0.05) is 72.8 Å². The van der Waals surface area contributed by atoms with Gasteiger partial charge in [-0.05, 0) is 28.8 Å². The zero-order valence-corrected chi connectivity index (χ0v) is 18.5. The van der Waals surface area contributed by atoms with E-state index in [0.29, 0.717) is 13.1 Å². The van der Waals surface area contributed by atoms with E-state index in [9.17, 15) is 4.79 Å². The molecule has 0 radical (unpaired) electrons. The molecule has 1 aliphatic rings. The first-order chi connectivity index (χ1) is 15.8. The quantitative estimate of drug-likeness (QED) is 0.449. The van der Waals surface area contributed by atoms with E-state index < -0.39 is 0 Å². The van der Waals surface area contributed by atoms with Crippen LogP contribution in [-0.4, -0.2) is 46.3 Å². The molecule has 0 atom stereocenters. The standard InChI is InChI=1S/C26H24N4OS/c31-25(23-13-11-22(12-14-23)21-9-5-2-6-10-21)29-15-17-30(18-16-29)26-27-24(28-32-26)19-20-7-3-1-4-8-20/h1-14H,15-19H2. The van der Waals surface area contributed by atoms with Gasteiger partial charge in [0.2, 0.25) is 5.13 Å². The summed E-state index contributed by atoms with van der Waals surface area (Å²) in [6.45, 7) is 2.92. The van der Waals surface area contributed by atoms with Crippen molar-refractivity contribution >= 4 is 22.6 Å². The van der Waals surface area contributed by atoms with Crippen LogP contribution in [0, 0.1) is 0 Å². The minimum atomic E-state index is 0.0892. The molecule has 0 N–H and O–H groups in total. The monoisotopic (exact) mass is 440 g/mol. The zero-order chi connectivity index (χ0) is 21.8. The number of carbonyl (C=O) groups excluding carboxylic acids is 1. The van der Waals surface area contributed by atoms with Crippen molar-refractivity contribution in [3.63, 3.8) is 0 Å². The lowest BCUT2D eigenvalue weighted by molar-refractivity contribution is 0.0747. The maximum absolute atomic E-state index is 13.0. The summed E-state index contributed by atoms with van der Waals surface area (Å²) in [7, 11) is 0. The molecule has 0 spiro atoms. The lowest BCUT2D eigenvalue weighted by Crippen LogP contribution is -2.48. The van der Waals surface area contributed by atoms with Crippen molar-refractivity contribution in [2.75, 3.05) is 31.1 Å². The second kappa shape index (κ2) is 9.32. The number of benzene rings is 3. The Morgan fingerprint density at radius 1 is 0.781 bits per heavy atom. The number of amides is 1. The Bertz CT molecular complexity index is 1170. The molecule has 0 unspecified atom stereocenters. The molecule has 5 rings (SSSR count). The van der Waals surface area contributed by atoms with Crippen LogP contribution in [0.3, 0.4) is 0 Å². The Balaban J connectivity index is 1.18. The first-order valence-electron chi connectivity index (χ1n) is 10.8. The predicted molar refractivity (Wildman–Crippen MR) is 129 cm³/mol. The molecule has 3 aromatic carbocycles. The van der Waals surface area contributed by atoms with Crippen LogP contribution < -0.4 is 4.90 Å². The van der Waals surface area contributed by atoms with Crippen molar-refractivity contribution < 1.29 is 4.79 Å². The predicted octanol–water partition coefficient (Wildman–Crippen LogP) is 4.76. The number of rotatable bonds is 5. The van der Waals surface area contributed by atoms with E-state index in [-0.39, 0.29) is 5.91 Å². The summed E-state index contributed by atoms with van der Waals surface area (Å²) in [5.41, 5.74) is 4.23. The number of hydrogen-bond donors (Lipinski definition) is 0. The van der Waals surface area contributed by atoms with Crippen LogP contribution in [0.1, 0.15) is 21.7 Å². The first-order valence-corrected chi connectivity index (χ1v) is 11.6. The second-order valence-corrected chi connectivity index (χ2v) is 8.61. The highest BCUT2D eigenvalue weighted by molar-refractivity contribution is 7.09. The third-order valence-corrected chi connectivity index (χ3v) is 6.55. The van der Waals surface area contributed by atoms with Crippen molar-refractivity contribution in [1.82, 2.24) is 14.3 Å². The Hall–Kier alpha value is -3.51. The smallest absolute Gasteiger partial charge is 0.253 e. The van der Waals surface area contributed by atoms with Crippen LogP contribution in [0.2, 0.25) is 0 Å². The summed E-state index contributed by atoms with van der Waals surface area (Å²) >= 11 is 1.44. The minimum absolute atomic E-state index is 0.0892. The summed E-state index contributed by atoms with van der Waals surface area (Å²) in [5, 5.41) is 0.940. The summed E-state index contributed by atoms with van der Waals surface area (Å²) in [5.74, 6) is 0.944. The number of piperazine rings is 1. The van der Waals surface area contributed by atoms with E-state index in [0.717, 1.165) is 47.2 Å². The van der Waals surface area contributed by atoms with E-state index in [1.807, 2.05) is 65.6 Å². The molecule has 2 heterocycles. The van der Waals surface area contributed by atoms with Crippen LogP contribution in [0.15, 0.2) is 84.9 Å². The van der Waals surface area contributed by atoms with Gasteiger partial charge in [0.25, 0.3) is 5.91 Å². The fraction of sp³-hybridized carbons (Fsp3) is 0.192. The average Bonchev–Trinajstić information content (AvgIpc) is 3.33. The summed E-state index contributed by atoms with van der Waals surface area (Å²) in [6.07, 6.45) is 0.745. The molecular formula is C26H24N4OS. The number of hydrogen-bond acceptors (Lipinski definition) is 5. The third kappa shape index (κ3) is 4.55. The average molecular weight is 441 g/mol. The molecule has 1 fully saturated rings. The Morgan fingerprint density at radius 2 is 1.41 bits per heavy atom. The SMILES string of the molecule is O=C(c1ccc(-c2ccccc2)cc1)N1CCN(c2nc(Cc3ccccc3)ns2)CC1. The summed E-state index contributed by atoms with van der Waals surface area (Å²) < 4.78 is 4.53. The Morgan fingerprint density at radius 3 is 2.09 bits per heavy atom. The van der Waals surface area contributed by atoms with Crippen LogP contribution >= 0.6 is 11.5 Å². The van der Waals surface area contributed by atoms with Crippen LogP contribution in [0.4, 0.5) is 5.13 Å². The third-order valence-electron chi connectivity index (χ3n) is 5.74. The van der Waals surface area contributed by atoms with Gasteiger partial charge in [0.1, 0.15) is 5.82 Å². The Labute approximate surface area is 192 Å². The first kappa shape index (κ1) is 20.4. The molecule has 1 aromatic heterocycles. The highest BCUT2D eigenvalue weighted by atomic mass is 32.1. The van der Waals surface area contributed by atoms with E-state index in [1.54, 1.807) is 0 Å². The van der Waals surface area contributed by atoms with E-state index in [4.69, 9.17) is 4.98 Å². The molecule has 160 valence electrons. The van der Waals surface area contributed by atoms with Crippen LogP contribution in [0.5, 0.6) is 0 Å². The zero-order valence-electron chi connectivity index (χ0n) is 17.7. The molecule has 4 aromatic rings. The minimum Gasteiger partial charge on any atom is -0.343 e. The Kier molecular flexibility index (Phi) is 5.94. The van der Waals surface area contributed by atoms with Gasteiger partial charge in [-0.25, -0.2) is 4.98 Å². The van der Waals surface area contributed by atoms with Gasteiger partial charge in [-0.2, -0.15) is 4.37 Å². The van der Waals surface area contributed by atoms with Gasteiger partial charge in [0.15, 0.2) is 0 Å². The number of aromatic nitrogens is 2. The largest absolute Gasteiger partial charge is 0.343 e. The van der Waals surface area contributed by atoms with Gasteiger partial charge in [0.05, 0.1) is 0 Å². The fourth-order valence-corrected chi connectivity index (χ4v) is 4.68. The lowest BCUT2D eigenvalue weighted by atomic mass is 10.0. The summed E-state index contributed by atoms with van der Waals surface area (Å²) in [4.78, 5) is 21.9. The van der Waals surface area contributed by atoms with Crippen molar-refractivity contribution in [2.45, 2.75) is 6.42 Å². The van der Waals surface area contributed by atoms with Crippen LogP contribution in [0.25, 0.3) is 11.1 Å². The number of nitrogens with zero attached hydrogens (tertiary/aromatic N) is 4. The molecule has 0 saturated carbocycles. The fourth-order valence-electron chi connectivity index (χ4n) is 3.94. The number of carbonyl (C=O) groups is 1. The summed E-state index contributed by atoms with van der Waals surface area (Å²) in [6, 6.07) is 28.4. The van der Waals surface area contributed by atoms with Crippen molar-refractivity contribution in [1.29, 1.82) is 0 Å². The second-order valence-electron chi connectivity index (χ2n) is 7.88. The van der Waals surface area contributed by atoms with E-state index in [2.05, 4.69) is 33.5 Å². The van der Waals surface area contributed by atoms with Crippen LogP contribution in [-0.2, 0) is 6.42 Å². The van der Waals surface area contributed by atoms with Gasteiger partial charge in [-0.15, -0.1) is 0 Å². The molecule has 0 aliphatic carbocycles. The molecule has 1 saturated heterocycles. The van der Waals surface area contributed by atoms with Crippen molar-refractivity contribution in [3.05, 3.63) is 102 Å². The number of anilines is 1. The van der Waals surface area contributed by atoms with Gasteiger partial charge < -0.3 is 9.80 Å². The molecule has 32 heavy (non-hydrogen) atoms.